The zero-order valence-corrected chi connectivity index (χ0v) is 12.8. The Bertz CT molecular complexity index is 853. The molecule has 1 heterocycles. The van der Waals surface area contributed by atoms with Crippen LogP contribution in [0, 0.1) is 5.82 Å². The predicted octanol–water partition coefficient (Wildman–Crippen LogP) is 3.08. The van der Waals surface area contributed by atoms with Gasteiger partial charge in [0.2, 0.25) is 5.91 Å². The number of nitrogens with one attached hydrogen (secondary N) is 1. The van der Waals surface area contributed by atoms with E-state index in [4.69, 9.17) is 0 Å². The summed E-state index contributed by atoms with van der Waals surface area (Å²) >= 11 is 0. The van der Waals surface area contributed by atoms with Crippen molar-refractivity contribution >= 4 is 11.6 Å². The van der Waals surface area contributed by atoms with E-state index in [0.29, 0.717) is 0 Å². The summed E-state index contributed by atoms with van der Waals surface area (Å²) in [6.45, 7) is 0. The fourth-order valence-corrected chi connectivity index (χ4v) is 2.83. The average molecular weight is 322 g/mol. The van der Waals surface area contributed by atoms with E-state index in [2.05, 4.69) is 15.4 Å². The molecule has 0 spiro atoms. The minimum atomic E-state index is -0.529. The predicted molar refractivity (Wildman–Crippen MR) is 87.3 cm³/mol. The molecule has 120 valence electrons. The summed E-state index contributed by atoms with van der Waals surface area (Å²) < 4.78 is 14.7. The first-order valence-corrected chi connectivity index (χ1v) is 7.70. The fraction of sp³-hybridized carbons (Fsp3) is 0.167. The van der Waals surface area contributed by atoms with Crippen LogP contribution < -0.4 is 5.32 Å². The van der Waals surface area contributed by atoms with Gasteiger partial charge in [-0.25, -0.2) is 14.1 Å². The molecular weight excluding hydrogens is 307 g/mol. The minimum absolute atomic E-state index is 0.0531. The molecule has 1 amide bonds. The van der Waals surface area contributed by atoms with Gasteiger partial charge in [-0.1, -0.05) is 12.1 Å². The summed E-state index contributed by atoms with van der Waals surface area (Å²) in [6, 6.07) is 13.6. The Kier molecular flexibility index (Phi) is 3.37. The van der Waals surface area contributed by atoms with Gasteiger partial charge in [0.15, 0.2) is 0 Å². The normalized spacial score (nSPS) is 15.0. The van der Waals surface area contributed by atoms with Gasteiger partial charge in [0.25, 0.3) is 0 Å². The summed E-state index contributed by atoms with van der Waals surface area (Å²) in [5, 5.41) is 7.01. The van der Waals surface area contributed by atoms with E-state index in [-0.39, 0.29) is 11.7 Å². The molecule has 3 aromatic rings. The number of benzene rings is 2. The number of anilines is 1. The van der Waals surface area contributed by atoms with Crippen LogP contribution in [-0.2, 0) is 10.2 Å². The maximum Gasteiger partial charge on any atom is 0.235 e. The Balaban J connectivity index is 1.51. The van der Waals surface area contributed by atoms with E-state index < -0.39 is 5.41 Å². The van der Waals surface area contributed by atoms with Crippen molar-refractivity contribution in [3.05, 3.63) is 72.6 Å². The Labute approximate surface area is 138 Å². The Hall–Kier alpha value is -3.02. The van der Waals surface area contributed by atoms with Crippen LogP contribution in [0.25, 0.3) is 5.69 Å². The van der Waals surface area contributed by atoms with Crippen molar-refractivity contribution < 1.29 is 9.18 Å². The number of amides is 1. The highest BCUT2D eigenvalue weighted by Crippen LogP contribution is 2.49. The molecule has 2 aromatic carbocycles. The molecule has 0 atom stereocenters. The first-order valence-electron chi connectivity index (χ1n) is 7.70. The van der Waals surface area contributed by atoms with Crippen LogP contribution in [-0.4, -0.2) is 20.7 Å². The maximum absolute atomic E-state index is 13.1. The lowest BCUT2D eigenvalue weighted by Gasteiger charge is -2.16. The summed E-state index contributed by atoms with van der Waals surface area (Å²) in [6.07, 6.45) is 4.64. The number of hydrogen-bond acceptors (Lipinski definition) is 3. The topological polar surface area (TPSA) is 59.8 Å². The lowest BCUT2D eigenvalue weighted by atomic mass is 9.95. The van der Waals surface area contributed by atoms with Crippen LogP contribution in [0.1, 0.15) is 18.4 Å². The van der Waals surface area contributed by atoms with Gasteiger partial charge in [-0.15, -0.1) is 0 Å². The fourth-order valence-electron chi connectivity index (χ4n) is 2.83. The van der Waals surface area contributed by atoms with Gasteiger partial charge in [0, 0.05) is 5.69 Å². The van der Waals surface area contributed by atoms with Gasteiger partial charge in [0.1, 0.15) is 18.5 Å². The number of halogens is 1. The molecule has 5 nitrogen and oxygen atoms in total. The van der Waals surface area contributed by atoms with Gasteiger partial charge in [-0.2, -0.15) is 5.10 Å². The van der Waals surface area contributed by atoms with Crippen LogP contribution in [0.5, 0.6) is 0 Å². The molecular formula is C18H15FN4O. The van der Waals surface area contributed by atoms with E-state index in [1.54, 1.807) is 23.1 Å². The van der Waals surface area contributed by atoms with E-state index in [1.807, 2.05) is 24.3 Å². The molecule has 24 heavy (non-hydrogen) atoms. The van der Waals surface area contributed by atoms with Crippen LogP contribution >= 0.6 is 0 Å². The number of rotatable bonds is 4. The molecule has 0 saturated heterocycles. The minimum Gasteiger partial charge on any atom is -0.325 e. The van der Waals surface area contributed by atoms with Crippen LogP contribution in [0.2, 0.25) is 0 Å². The monoisotopic (exact) mass is 322 g/mol. The quantitative estimate of drug-likeness (QED) is 0.803. The first kappa shape index (κ1) is 14.6. The van der Waals surface area contributed by atoms with Crippen molar-refractivity contribution in [2.24, 2.45) is 0 Å². The molecule has 1 aliphatic rings. The second kappa shape index (κ2) is 5.56. The Morgan fingerprint density at radius 2 is 1.79 bits per heavy atom. The molecule has 4 rings (SSSR count). The van der Waals surface area contributed by atoms with Crippen LogP contribution in [0.3, 0.4) is 0 Å². The van der Waals surface area contributed by atoms with E-state index in [1.165, 1.54) is 18.5 Å². The summed E-state index contributed by atoms with van der Waals surface area (Å²) in [5.41, 5.74) is 1.92. The number of nitrogens with zero attached hydrogens (tertiary/aromatic N) is 3. The molecule has 1 fully saturated rings. The van der Waals surface area contributed by atoms with Crippen molar-refractivity contribution in [3.8, 4) is 5.69 Å². The summed E-state index contributed by atoms with van der Waals surface area (Å²) in [7, 11) is 0. The van der Waals surface area contributed by atoms with Crippen molar-refractivity contribution in [1.82, 2.24) is 14.8 Å². The zero-order valence-electron chi connectivity index (χ0n) is 12.8. The SMILES string of the molecule is O=C(Nc1ccc(-n2cncn2)cc1)C1(c2ccc(F)cc2)CC1. The van der Waals surface area contributed by atoms with Gasteiger partial charge >= 0.3 is 0 Å². The van der Waals surface area contributed by atoms with Crippen LogP contribution in [0.4, 0.5) is 10.1 Å². The summed E-state index contributed by atoms with van der Waals surface area (Å²) in [5.74, 6) is -0.346. The number of carbonyl (C=O) groups excluding carboxylic acids is 1. The maximum atomic E-state index is 13.1. The highest BCUT2D eigenvalue weighted by Gasteiger charge is 2.51. The highest BCUT2D eigenvalue weighted by atomic mass is 19.1. The van der Waals surface area contributed by atoms with E-state index in [0.717, 1.165) is 29.8 Å². The van der Waals surface area contributed by atoms with Crippen molar-refractivity contribution in [2.45, 2.75) is 18.3 Å². The van der Waals surface area contributed by atoms with Crippen molar-refractivity contribution in [3.63, 3.8) is 0 Å². The second-order valence-electron chi connectivity index (χ2n) is 5.93. The zero-order chi connectivity index (χ0) is 16.6. The molecule has 0 bridgehead atoms. The van der Waals surface area contributed by atoms with E-state index >= 15 is 0 Å². The molecule has 1 N–H and O–H groups in total. The number of carbonyl (C=O) groups is 1. The molecule has 1 aliphatic carbocycles. The average Bonchev–Trinajstić information content (AvgIpc) is 3.23. The molecule has 6 heteroatoms. The highest BCUT2D eigenvalue weighted by molar-refractivity contribution is 6.01. The smallest absolute Gasteiger partial charge is 0.235 e. The summed E-state index contributed by atoms with van der Waals surface area (Å²) in [4.78, 5) is 16.6. The van der Waals surface area contributed by atoms with Gasteiger partial charge in [-0.3, -0.25) is 4.79 Å². The third-order valence-corrected chi connectivity index (χ3v) is 4.39. The lowest BCUT2D eigenvalue weighted by Crippen LogP contribution is -2.27. The standard InChI is InChI=1S/C18H15FN4O/c19-14-3-1-13(2-4-14)18(9-10-18)17(24)22-15-5-7-16(8-6-15)23-12-20-11-21-23/h1-8,11-12H,9-10H2,(H,22,24). The molecule has 0 unspecified atom stereocenters. The molecule has 0 aliphatic heterocycles. The third kappa shape index (κ3) is 2.56. The molecule has 1 saturated carbocycles. The van der Waals surface area contributed by atoms with E-state index in [9.17, 15) is 9.18 Å². The van der Waals surface area contributed by atoms with Gasteiger partial charge in [-0.05, 0) is 54.8 Å². The molecule has 1 aromatic heterocycles. The third-order valence-electron chi connectivity index (χ3n) is 4.39. The molecule has 0 radical (unpaired) electrons. The van der Waals surface area contributed by atoms with Gasteiger partial charge < -0.3 is 5.32 Å². The Morgan fingerprint density at radius 1 is 1.08 bits per heavy atom. The van der Waals surface area contributed by atoms with Gasteiger partial charge in [0.05, 0.1) is 11.1 Å². The first-order chi connectivity index (χ1) is 11.7. The van der Waals surface area contributed by atoms with Crippen molar-refractivity contribution in [2.75, 3.05) is 5.32 Å². The number of hydrogen-bond donors (Lipinski definition) is 1. The van der Waals surface area contributed by atoms with Crippen molar-refractivity contribution in [1.29, 1.82) is 0 Å². The number of aromatic nitrogens is 3. The lowest BCUT2D eigenvalue weighted by molar-refractivity contribution is -0.118. The second-order valence-corrected chi connectivity index (χ2v) is 5.93. The largest absolute Gasteiger partial charge is 0.325 e. The van der Waals surface area contributed by atoms with Crippen LogP contribution in [0.15, 0.2) is 61.2 Å². The Morgan fingerprint density at radius 3 is 2.38 bits per heavy atom.